The smallest absolute Gasteiger partial charge is 0.141 e. The molecule has 0 atom stereocenters. The fraction of sp³-hybridized carbons (Fsp3) is 0.233. The third-order valence-corrected chi connectivity index (χ3v) is 5.60. The molecule has 38 heavy (non-hydrogen) atoms. The average molecular weight is 511 g/mol. The Morgan fingerprint density at radius 2 is 1.79 bits per heavy atom. The van der Waals surface area contributed by atoms with Crippen LogP contribution in [0.1, 0.15) is 32.3 Å². The van der Waals surface area contributed by atoms with Crippen molar-refractivity contribution in [3.63, 3.8) is 0 Å². The van der Waals surface area contributed by atoms with Gasteiger partial charge >= 0.3 is 0 Å². The van der Waals surface area contributed by atoms with E-state index in [-0.39, 0.29) is 0 Å². The molecule has 0 aliphatic carbocycles. The Kier molecular flexibility index (Phi) is 8.89. The first-order valence-corrected chi connectivity index (χ1v) is 12.7. The SMILES string of the molecule is C=C(CCOC)Nc1ccc2ncnc(Nc3ccc(Oc4ccn5ccnc5c4)c(C)c3)c2c1.CCC. The van der Waals surface area contributed by atoms with E-state index in [4.69, 9.17) is 9.47 Å². The highest BCUT2D eigenvalue weighted by Crippen LogP contribution is 2.31. The van der Waals surface area contributed by atoms with Crippen LogP contribution in [0.2, 0.25) is 0 Å². The van der Waals surface area contributed by atoms with E-state index in [0.717, 1.165) is 62.9 Å². The molecule has 8 nitrogen and oxygen atoms in total. The zero-order valence-corrected chi connectivity index (χ0v) is 22.4. The average Bonchev–Trinajstić information content (AvgIpc) is 3.38. The first-order valence-electron chi connectivity index (χ1n) is 12.7. The molecule has 0 amide bonds. The van der Waals surface area contributed by atoms with Crippen molar-refractivity contribution in [3.8, 4) is 11.5 Å². The Hall–Kier alpha value is -4.43. The van der Waals surface area contributed by atoms with Gasteiger partial charge in [-0.05, 0) is 55.0 Å². The molecule has 3 heterocycles. The van der Waals surface area contributed by atoms with Crippen molar-refractivity contribution in [2.75, 3.05) is 24.4 Å². The summed E-state index contributed by atoms with van der Waals surface area (Å²) in [6, 6.07) is 15.7. The van der Waals surface area contributed by atoms with E-state index in [9.17, 15) is 0 Å². The van der Waals surface area contributed by atoms with Crippen LogP contribution in [0.15, 0.2) is 85.7 Å². The number of hydrogen-bond donors (Lipinski definition) is 2. The number of benzene rings is 2. The summed E-state index contributed by atoms with van der Waals surface area (Å²) in [6.07, 6.45) is 9.13. The van der Waals surface area contributed by atoms with E-state index in [0.29, 0.717) is 6.61 Å². The van der Waals surface area contributed by atoms with Gasteiger partial charge in [-0.2, -0.15) is 0 Å². The fourth-order valence-electron chi connectivity index (χ4n) is 3.79. The number of fused-ring (bicyclic) bond motifs is 2. The second-order valence-corrected chi connectivity index (χ2v) is 8.90. The number of nitrogens with zero attached hydrogens (tertiary/aromatic N) is 4. The predicted octanol–water partition coefficient (Wildman–Crippen LogP) is 7.50. The molecule has 0 spiro atoms. The van der Waals surface area contributed by atoms with Crippen LogP contribution in [0.3, 0.4) is 0 Å². The summed E-state index contributed by atoms with van der Waals surface area (Å²) in [6.45, 7) is 10.9. The molecule has 0 saturated carbocycles. The Morgan fingerprint density at radius 3 is 2.58 bits per heavy atom. The summed E-state index contributed by atoms with van der Waals surface area (Å²) in [5, 5.41) is 7.66. The van der Waals surface area contributed by atoms with E-state index >= 15 is 0 Å². The standard InChI is InChI=1S/C27H26N6O2.C3H8/c1-18-14-20(5-7-25(18)35-22-8-11-33-12-10-28-26(33)16-22)32-27-23-15-21(31-19(2)9-13-34-3)4-6-24(23)29-17-30-27;1-3-2/h4-8,10-12,14-17,31H,2,9,13H2,1,3H3,(H,29,30,32);3H2,1-2H3. The van der Waals surface area contributed by atoms with Gasteiger partial charge in [-0.3, -0.25) is 0 Å². The summed E-state index contributed by atoms with van der Waals surface area (Å²) in [7, 11) is 1.68. The molecular formula is C30H34N6O2. The topological polar surface area (TPSA) is 85.6 Å². The number of pyridine rings is 1. The summed E-state index contributed by atoms with van der Waals surface area (Å²) < 4.78 is 13.2. The number of ether oxygens (including phenoxy) is 2. The molecule has 2 aromatic carbocycles. The van der Waals surface area contributed by atoms with Gasteiger partial charge in [0.25, 0.3) is 0 Å². The molecular weight excluding hydrogens is 476 g/mol. The van der Waals surface area contributed by atoms with E-state index in [2.05, 4.69) is 46.0 Å². The van der Waals surface area contributed by atoms with E-state index in [1.54, 1.807) is 19.6 Å². The van der Waals surface area contributed by atoms with Crippen LogP contribution in [-0.4, -0.2) is 33.1 Å². The summed E-state index contributed by atoms with van der Waals surface area (Å²) >= 11 is 0. The minimum Gasteiger partial charge on any atom is -0.457 e. The van der Waals surface area contributed by atoms with E-state index < -0.39 is 0 Å². The number of aryl methyl sites for hydroxylation is 1. The first kappa shape index (κ1) is 26.6. The minimum atomic E-state index is 0.617. The van der Waals surface area contributed by atoms with Crippen LogP contribution < -0.4 is 15.4 Å². The molecule has 0 radical (unpaired) electrons. The fourth-order valence-corrected chi connectivity index (χ4v) is 3.79. The molecule has 0 unspecified atom stereocenters. The number of imidazole rings is 1. The van der Waals surface area contributed by atoms with Crippen molar-refractivity contribution in [2.45, 2.75) is 33.6 Å². The lowest BCUT2D eigenvalue weighted by Crippen LogP contribution is -2.02. The van der Waals surface area contributed by atoms with Crippen LogP contribution in [0.4, 0.5) is 17.2 Å². The van der Waals surface area contributed by atoms with Crippen molar-refractivity contribution in [2.24, 2.45) is 0 Å². The molecule has 196 valence electrons. The molecule has 3 aromatic heterocycles. The lowest BCUT2D eigenvalue weighted by Gasteiger charge is -2.14. The number of methoxy groups -OCH3 is 1. The lowest BCUT2D eigenvalue weighted by molar-refractivity contribution is 0.202. The van der Waals surface area contributed by atoms with Gasteiger partial charge in [-0.1, -0.05) is 26.8 Å². The van der Waals surface area contributed by atoms with Crippen molar-refractivity contribution in [1.29, 1.82) is 0 Å². The van der Waals surface area contributed by atoms with Gasteiger partial charge in [-0.25, -0.2) is 15.0 Å². The van der Waals surface area contributed by atoms with Crippen molar-refractivity contribution < 1.29 is 9.47 Å². The quantitative estimate of drug-likeness (QED) is 0.212. The summed E-state index contributed by atoms with van der Waals surface area (Å²) in [5.41, 5.74) is 5.39. The van der Waals surface area contributed by atoms with E-state index in [1.807, 2.05) is 72.2 Å². The normalized spacial score (nSPS) is 10.6. The van der Waals surface area contributed by atoms with Crippen molar-refractivity contribution in [3.05, 3.63) is 91.3 Å². The van der Waals surface area contributed by atoms with Gasteiger partial charge in [-0.15, -0.1) is 0 Å². The molecule has 5 aromatic rings. The number of aromatic nitrogens is 4. The Bertz CT molecular complexity index is 1530. The number of hydrogen-bond acceptors (Lipinski definition) is 7. The van der Waals surface area contributed by atoms with Crippen LogP contribution in [0, 0.1) is 6.92 Å². The van der Waals surface area contributed by atoms with Gasteiger partial charge in [0.05, 0.1) is 12.1 Å². The van der Waals surface area contributed by atoms with Gasteiger partial charge in [0.1, 0.15) is 29.3 Å². The Labute approximate surface area is 223 Å². The molecule has 0 aliphatic heterocycles. The Balaban J connectivity index is 0.00000107. The third kappa shape index (κ3) is 6.66. The maximum Gasteiger partial charge on any atom is 0.141 e. The molecule has 0 saturated heterocycles. The predicted molar refractivity (Wildman–Crippen MR) is 154 cm³/mol. The molecule has 2 N–H and O–H groups in total. The van der Waals surface area contributed by atoms with Crippen LogP contribution in [0.5, 0.6) is 11.5 Å². The van der Waals surface area contributed by atoms with Crippen molar-refractivity contribution in [1.82, 2.24) is 19.4 Å². The van der Waals surface area contributed by atoms with Crippen molar-refractivity contribution >= 4 is 33.7 Å². The summed E-state index contributed by atoms with van der Waals surface area (Å²) in [5.74, 6) is 2.24. The maximum absolute atomic E-state index is 6.11. The zero-order valence-electron chi connectivity index (χ0n) is 22.4. The zero-order chi connectivity index (χ0) is 26.9. The third-order valence-electron chi connectivity index (χ3n) is 5.60. The highest BCUT2D eigenvalue weighted by Gasteiger charge is 2.09. The van der Waals surface area contributed by atoms with Gasteiger partial charge in [0.15, 0.2) is 0 Å². The summed E-state index contributed by atoms with van der Waals surface area (Å²) in [4.78, 5) is 13.2. The lowest BCUT2D eigenvalue weighted by atomic mass is 10.1. The molecule has 5 rings (SSSR count). The number of rotatable bonds is 9. The van der Waals surface area contributed by atoms with Gasteiger partial charge < -0.3 is 24.5 Å². The minimum absolute atomic E-state index is 0.617. The second-order valence-electron chi connectivity index (χ2n) is 8.90. The molecule has 0 bridgehead atoms. The molecule has 8 heteroatoms. The second kappa shape index (κ2) is 12.7. The van der Waals surface area contributed by atoms with Crippen LogP contribution >= 0.6 is 0 Å². The first-order chi connectivity index (χ1) is 18.5. The molecule has 0 fully saturated rings. The largest absolute Gasteiger partial charge is 0.457 e. The Morgan fingerprint density at radius 1 is 0.974 bits per heavy atom. The maximum atomic E-state index is 6.11. The molecule has 0 aliphatic rings. The van der Waals surface area contributed by atoms with Crippen LogP contribution in [0.25, 0.3) is 16.6 Å². The van der Waals surface area contributed by atoms with Gasteiger partial charge in [0.2, 0.25) is 0 Å². The van der Waals surface area contributed by atoms with Gasteiger partial charge in [0, 0.05) is 60.6 Å². The van der Waals surface area contributed by atoms with E-state index in [1.165, 1.54) is 6.42 Å². The highest BCUT2D eigenvalue weighted by atomic mass is 16.5. The number of anilines is 3. The number of nitrogens with one attached hydrogen (secondary N) is 2. The van der Waals surface area contributed by atoms with Crippen LogP contribution in [-0.2, 0) is 4.74 Å². The monoisotopic (exact) mass is 510 g/mol. The highest BCUT2D eigenvalue weighted by molar-refractivity contribution is 5.93.